The molecule has 0 aliphatic carbocycles. The Bertz CT molecular complexity index is 1510. The molecular weight excluding hydrogens is 563 g/mol. The number of nitro benzene ring substituents is 1. The molecular formula is C30H35FN4O6S. The molecule has 2 amide bonds. The zero-order chi connectivity index (χ0) is 31.0. The van der Waals surface area contributed by atoms with Crippen LogP contribution in [0.15, 0.2) is 72.8 Å². The summed E-state index contributed by atoms with van der Waals surface area (Å²) in [5, 5.41) is 14.3. The second-order valence-electron chi connectivity index (χ2n) is 10.5. The van der Waals surface area contributed by atoms with Gasteiger partial charge in [-0.1, -0.05) is 62.4 Å². The van der Waals surface area contributed by atoms with Crippen LogP contribution in [0.1, 0.15) is 30.5 Å². The number of halogens is 1. The molecule has 1 atom stereocenters. The van der Waals surface area contributed by atoms with Gasteiger partial charge in [-0.25, -0.2) is 12.8 Å². The number of carbonyl (C=O) groups is 2. The first-order chi connectivity index (χ1) is 19.8. The van der Waals surface area contributed by atoms with Crippen LogP contribution >= 0.6 is 0 Å². The summed E-state index contributed by atoms with van der Waals surface area (Å²) >= 11 is 0. The van der Waals surface area contributed by atoms with Crippen LogP contribution in [0.3, 0.4) is 0 Å². The molecule has 0 heterocycles. The number of anilines is 1. The van der Waals surface area contributed by atoms with Gasteiger partial charge in [-0.3, -0.25) is 24.0 Å². The molecule has 0 unspecified atom stereocenters. The first-order valence-corrected chi connectivity index (χ1v) is 15.2. The van der Waals surface area contributed by atoms with E-state index < -0.39 is 45.2 Å². The Morgan fingerprint density at radius 1 is 1.00 bits per heavy atom. The van der Waals surface area contributed by atoms with Crippen molar-refractivity contribution in [1.82, 2.24) is 10.2 Å². The Labute approximate surface area is 245 Å². The molecule has 0 saturated carbocycles. The molecule has 0 spiro atoms. The Morgan fingerprint density at radius 3 is 2.21 bits per heavy atom. The highest BCUT2D eigenvalue weighted by atomic mass is 32.2. The summed E-state index contributed by atoms with van der Waals surface area (Å²) in [4.78, 5) is 39.7. The van der Waals surface area contributed by atoms with Crippen LogP contribution in [-0.4, -0.2) is 55.4 Å². The van der Waals surface area contributed by atoms with E-state index >= 15 is 0 Å². The largest absolute Gasteiger partial charge is 0.354 e. The van der Waals surface area contributed by atoms with Gasteiger partial charge >= 0.3 is 0 Å². The minimum atomic E-state index is -4.10. The van der Waals surface area contributed by atoms with Crippen LogP contribution in [-0.2, 0) is 32.6 Å². The maximum Gasteiger partial charge on any atom is 0.271 e. The molecule has 0 radical (unpaired) electrons. The molecule has 0 aromatic heterocycles. The number of hydrogen-bond acceptors (Lipinski definition) is 6. The lowest BCUT2D eigenvalue weighted by Gasteiger charge is -2.34. The molecule has 1 N–H and O–H groups in total. The van der Waals surface area contributed by atoms with Crippen molar-refractivity contribution in [2.24, 2.45) is 5.92 Å². The lowest BCUT2D eigenvalue weighted by atomic mass is 10.0. The van der Waals surface area contributed by atoms with Gasteiger partial charge in [0.15, 0.2) is 0 Å². The number of sulfonamides is 1. The Balaban J connectivity index is 2.09. The van der Waals surface area contributed by atoms with Crippen molar-refractivity contribution >= 4 is 33.2 Å². The average Bonchev–Trinajstić information content (AvgIpc) is 2.93. The number of carbonyl (C=O) groups excluding carboxylic acids is 2. The van der Waals surface area contributed by atoms with Gasteiger partial charge in [-0.15, -0.1) is 0 Å². The van der Waals surface area contributed by atoms with E-state index in [-0.39, 0.29) is 30.3 Å². The number of nitro groups is 1. The molecule has 10 nitrogen and oxygen atoms in total. The van der Waals surface area contributed by atoms with E-state index in [1.165, 1.54) is 41.3 Å². The fourth-order valence-corrected chi connectivity index (χ4v) is 5.24. The van der Waals surface area contributed by atoms with E-state index in [2.05, 4.69) is 5.32 Å². The molecule has 224 valence electrons. The summed E-state index contributed by atoms with van der Waals surface area (Å²) in [6.45, 7) is 4.96. The normalized spacial score (nSPS) is 12.0. The predicted octanol–water partition coefficient (Wildman–Crippen LogP) is 4.22. The number of hydrogen-bond donors (Lipinski definition) is 1. The van der Waals surface area contributed by atoms with E-state index in [1.807, 2.05) is 32.0 Å². The van der Waals surface area contributed by atoms with Crippen LogP contribution in [0.4, 0.5) is 15.8 Å². The van der Waals surface area contributed by atoms with E-state index in [9.17, 15) is 32.5 Å². The highest BCUT2D eigenvalue weighted by Gasteiger charge is 2.33. The number of nitrogens with zero attached hydrogens (tertiary/aromatic N) is 3. The van der Waals surface area contributed by atoms with Gasteiger partial charge in [-0.2, -0.15) is 0 Å². The van der Waals surface area contributed by atoms with E-state index in [0.717, 1.165) is 22.2 Å². The monoisotopic (exact) mass is 598 g/mol. The summed E-state index contributed by atoms with van der Waals surface area (Å²) in [5.41, 5.74) is 1.34. The summed E-state index contributed by atoms with van der Waals surface area (Å²) < 4.78 is 40.4. The third-order valence-corrected chi connectivity index (χ3v) is 7.70. The lowest BCUT2D eigenvalue weighted by Crippen LogP contribution is -2.53. The molecule has 3 aromatic carbocycles. The van der Waals surface area contributed by atoms with Crippen LogP contribution in [0.25, 0.3) is 0 Å². The summed E-state index contributed by atoms with van der Waals surface area (Å²) in [6, 6.07) is 17.2. The van der Waals surface area contributed by atoms with Crippen molar-refractivity contribution in [1.29, 1.82) is 0 Å². The molecule has 0 saturated heterocycles. The standard InChI is InChI=1S/C30H35FN4O6S/c1-21(2)18-32-30(37)28(16-23-8-6-5-7-9-23)33(19-24-11-13-25(31)14-12-24)29(36)20-34(42(4,40)41)27-17-26(35(38)39)15-10-22(27)3/h5-15,17,21,28H,16,18-20H2,1-4H3,(H,32,37)/t28-/m0/s1. The second-order valence-corrected chi connectivity index (χ2v) is 12.4. The predicted molar refractivity (Wildman–Crippen MR) is 159 cm³/mol. The SMILES string of the molecule is Cc1ccc([N+](=O)[O-])cc1N(CC(=O)N(Cc1ccc(F)cc1)[C@@H](Cc1ccccc1)C(=O)NCC(C)C)S(C)(=O)=O. The molecule has 3 aromatic rings. The number of rotatable bonds is 13. The molecule has 3 rings (SSSR count). The first kappa shape index (κ1) is 32.2. The van der Waals surface area contributed by atoms with Gasteiger partial charge in [-0.05, 0) is 41.7 Å². The van der Waals surface area contributed by atoms with Crippen molar-refractivity contribution in [3.63, 3.8) is 0 Å². The Hall–Kier alpha value is -4.32. The quantitative estimate of drug-likeness (QED) is 0.232. The fraction of sp³-hybridized carbons (Fsp3) is 0.333. The highest BCUT2D eigenvalue weighted by molar-refractivity contribution is 7.92. The third-order valence-electron chi connectivity index (χ3n) is 6.57. The zero-order valence-corrected chi connectivity index (χ0v) is 24.8. The number of non-ortho nitro benzene ring substituents is 1. The van der Waals surface area contributed by atoms with Crippen molar-refractivity contribution in [3.8, 4) is 0 Å². The molecule has 0 aliphatic heterocycles. The van der Waals surface area contributed by atoms with Crippen LogP contribution < -0.4 is 9.62 Å². The van der Waals surface area contributed by atoms with Crippen LogP contribution in [0.2, 0.25) is 0 Å². The lowest BCUT2D eigenvalue weighted by molar-refractivity contribution is -0.384. The Kier molecular flexibility index (Phi) is 10.8. The van der Waals surface area contributed by atoms with E-state index in [0.29, 0.717) is 17.7 Å². The summed E-state index contributed by atoms with van der Waals surface area (Å²) in [6.07, 6.45) is 1.03. The second kappa shape index (κ2) is 14.0. The molecule has 12 heteroatoms. The van der Waals surface area contributed by atoms with Crippen molar-refractivity contribution < 1.29 is 27.3 Å². The molecule has 42 heavy (non-hydrogen) atoms. The number of aryl methyl sites for hydroxylation is 1. The van der Waals surface area contributed by atoms with Gasteiger partial charge in [0.1, 0.15) is 18.4 Å². The summed E-state index contributed by atoms with van der Waals surface area (Å²) in [5.74, 6) is -1.49. The molecule has 0 aliphatic rings. The van der Waals surface area contributed by atoms with Gasteiger partial charge in [0.05, 0.1) is 16.9 Å². The number of nitrogens with one attached hydrogen (secondary N) is 1. The third kappa shape index (κ3) is 8.84. The van der Waals surface area contributed by atoms with Crippen LogP contribution in [0.5, 0.6) is 0 Å². The highest BCUT2D eigenvalue weighted by Crippen LogP contribution is 2.28. The van der Waals surface area contributed by atoms with Crippen molar-refractivity contribution in [2.45, 2.75) is 39.8 Å². The van der Waals surface area contributed by atoms with Gasteiger partial charge in [0.2, 0.25) is 21.8 Å². The van der Waals surface area contributed by atoms with Gasteiger partial charge in [0.25, 0.3) is 5.69 Å². The zero-order valence-electron chi connectivity index (χ0n) is 24.0. The summed E-state index contributed by atoms with van der Waals surface area (Å²) in [7, 11) is -4.10. The fourth-order valence-electron chi connectivity index (χ4n) is 4.34. The number of benzene rings is 3. The minimum absolute atomic E-state index is 0.0225. The average molecular weight is 599 g/mol. The maximum absolute atomic E-state index is 14.1. The topological polar surface area (TPSA) is 130 Å². The van der Waals surface area contributed by atoms with Crippen LogP contribution in [0, 0.1) is 28.8 Å². The molecule has 0 fully saturated rings. The van der Waals surface area contributed by atoms with Gasteiger partial charge < -0.3 is 10.2 Å². The maximum atomic E-state index is 14.1. The smallest absolute Gasteiger partial charge is 0.271 e. The first-order valence-electron chi connectivity index (χ1n) is 13.3. The van der Waals surface area contributed by atoms with E-state index in [1.54, 1.807) is 19.1 Å². The Morgan fingerprint density at radius 2 is 1.64 bits per heavy atom. The molecule has 0 bridgehead atoms. The van der Waals surface area contributed by atoms with E-state index in [4.69, 9.17) is 0 Å². The van der Waals surface area contributed by atoms with Gasteiger partial charge in [0, 0.05) is 31.6 Å². The van der Waals surface area contributed by atoms with Crippen molar-refractivity contribution in [2.75, 3.05) is 23.7 Å². The van der Waals surface area contributed by atoms with Crippen molar-refractivity contribution in [3.05, 3.63) is 105 Å². The number of amides is 2. The minimum Gasteiger partial charge on any atom is -0.354 e.